The Hall–Kier alpha value is -2.44. The fourth-order valence-corrected chi connectivity index (χ4v) is 3.72. The van der Waals surface area contributed by atoms with Crippen molar-refractivity contribution in [1.29, 1.82) is 0 Å². The number of benzene rings is 2. The summed E-state index contributed by atoms with van der Waals surface area (Å²) < 4.78 is 13.5. The lowest BCUT2D eigenvalue weighted by Gasteiger charge is -2.27. The van der Waals surface area contributed by atoms with Gasteiger partial charge in [-0.1, -0.05) is 17.7 Å². The Morgan fingerprint density at radius 2 is 2.12 bits per heavy atom. The molecule has 5 nitrogen and oxygen atoms in total. The average Bonchev–Trinajstić information content (AvgIpc) is 2.92. The van der Waals surface area contributed by atoms with Gasteiger partial charge in [0.1, 0.15) is 5.82 Å². The third kappa shape index (κ3) is 2.49. The topological polar surface area (TPSA) is 68.7 Å². The zero-order valence-corrected chi connectivity index (χ0v) is 14.2. The van der Waals surface area contributed by atoms with Crippen LogP contribution in [-0.4, -0.2) is 28.6 Å². The Labute approximate surface area is 148 Å². The standard InChI is InChI=1S/C18H15ClFN3O2/c1-23-5-4-10-11(9-2-3-15(20)14(19)6-9)7-12-16(13(10)8-23)21-18(24)17(12)22-25/h2-3,6-7,21,24H,4-5,8H2,1H3. The molecule has 0 saturated carbocycles. The van der Waals surface area contributed by atoms with Crippen molar-refractivity contribution < 1.29 is 9.50 Å². The molecule has 128 valence electrons. The van der Waals surface area contributed by atoms with E-state index in [2.05, 4.69) is 15.1 Å². The molecule has 0 spiro atoms. The summed E-state index contributed by atoms with van der Waals surface area (Å²) in [4.78, 5) is 16.2. The number of fused-ring (bicyclic) bond motifs is 3. The van der Waals surface area contributed by atoms with E-state index >= 15 is 0 Å². The number of aromatic hydroxyl groups is 1. The SMILES string of the molecule is CN1CCc2c(-c3ccc(F)c(Cl)c3)cc3c(N=O)c(O)[nH]c3c2C1. The number of aromatic amines is 1. The zero-order valence-electron chi connectivity index (χ0n) is 13.4. The third-order valence-electron chi connectivity index (χ3n) is 4.77. The molecule has 0 aliphatic carbocycles. The number of H-pyrrole nitrogens is 1. The fourth-order valence-electron chi connectivity index (χ4n) is 3.54. The first-order valence-corrected chi connectivity index (χ1v) is 8.24. The van der Waals surface area contributed by atoms with Crippen molar-refractivity contribution in [1.82, 2.24) is 9.88 Å². The van der Waals surface area contributed by atoms with E-state index in [1.165, 1.54) is 6.07 Å². The number of aromatic nitrogens is 1. The highest BCUT2D eigenvalue weighted by atomic mass is 35.5. The van der Waals surface area contributed by atoms with Crippen molar-refractivity contribution in [3.8, 4) is 17.0 Å². The Morgan fingerprint density at radius 1 is 1.32 bits per heavy atom. The highest BCUT2D eigenvalue weighted by Gasteiger charge is 2.24. The van der Waals surface area contributed by atoms with Crippen LogP contribution in [-0.2, 0) is 13.0 Å². The molecular formula is C18H15ClFN3O2. The average molecular weight is 360 g/mol. The number of hydrogen-bond acceptors (Lipinski definition) is 4. The van der Waals surface area contributed by atoms with E-state index in [4.69, 9.17) is 11.6 Å². The Morgan fingerprint density at radius 3 is 2.84 bits per heavy atom. The van der Waals surface area contributed by atoms with Gasteiger partial charge in [-0.3, -0.25) is 0 Å². The molecule has 3 aromatic rings. The van der Waals surface area contributed by atoms with Crippen molar-refractivity contribution in [3.05, 3.63) is 51.1 Å². The maximum atomic E-state index is 13.5. The van der Waals surface area contributed by atoms with Crippen molar-refractivity contribution in [3.63, 3.8) is 0 Å². The minimum Gasteiger partial charge on any atom is -0.493 e. The molecule has 0 unspecified atom stereocenters. The van der Waals surface area contributed by atoms with Crippen LogP contribution in [0.15, 0.2) is 29.4 Å². The summed E-state index contributed by atoms with van der Waals surface area (Å²) in [5.74, 6) is -0.718. The van der Waals surface area contributed by atoms with Gasteiger partial charge in [0.2, 0.25) is 5.88 Å². The predicted molar refractivity (Wildman–Crippen MR) is 95.9 cm³/mol. The summed E-state index contributed by atoms with van der Waals surface area (Å²) in [5.41, 5.74) is 4.46. The van der Waals surface area contributed by atoms with Gasteiger partial charge in [0.05, 0.1) is 10.5 Å². The second-order valence-corrected chi connectivity index (χ2v) is 6.74. The number of halogens is 2. The van der Waals surface area contributed by atoms with Gasteiger partial charge in [0.25, 0.3) is 0 Å². The lowest BCUT2D eigenvalue weighted by molar-refractivity contribution is 0.314. The Bertz CT molecular complexity index is 1020. The first kappa shape index (κ1) is 16.1. The monoisotopic (exact) mass is 359 g/mol. The van der Waals surface area contributed by atoms with Crippen LogP contribution in [0.4, 0.5) is 10.1 Å². The van der Waals surface area contributed by atoms with Gasteiger partial charge in [-0.05, 0) is 59.1 Å². The van der Waals surface area contributed by atoms with Crippen LogP contribution in [0.25, 0.3) is 22.0 Å². The molecule has 25 heavy (non-hydrogen) atoms. The van der Waals surface area contributed by atoms with Crippen LogP contribution in [0.1, 0.15) is 11.1 Å². The minimum absolute atomic E-state index is 0.0134. The minimum atomic E-state index is -0.477. The molecule has 2 N–H and O–H groups in total. The van der Waals surface area contributed by atoms with E-state index < -0.39 is 5.82 Å². The van der Waals surface area contributed by atoms with Crippen LogP contribution < -0.4 is 0 Å². The first-order valence-electron chi connectivity index (χ1n) is 7.86. The van der Waals surface area contributed by atoms with Crippen molar-refractivity contribution in [2.45, 2.75) is 13.0 Å². The molecule has 2 heterocycles. The number of hydrogen-bond donors (Lipinski definition) is 2. The highest BCUT2D eigenvalue weighted by Crippen LogP contribution is 2.43. The molecule has 0 bridgehead atoms. The van der Waals surface area contributed by atoms with Crippen LogP contribution >= 0.6 is 11.6 Å². The molecular weight excluding hydrogens is 345 g/mol. The van der Waals surface area contributed by atoms with Crippen molar-refractivity contribution in [2.75, 3.05) is 13.6 Å². The normalized spacial score (nSPS) is 14.7. The fraction of sp³-hybridized carbons (Fsp3) is 0.222. The summed E-state index contributed by atoms with van der Waals surface area (Å²) in [7, 11) is 2.01. The van der Waals surface area contributed by atoms with Gasteiger partial charge >= 0.3 is 0 Å². The largest absolute Gasteiger partial charge is 0.493 e. The summed E-state index contributed by atoms with van der Waals surface area (Å²) in [6.07, 6.45) is 0.801. The summed E-state index contributed by atoms with van der Waals surface area (Å²) >= 11 is 5.95. The van der Waals surface area contributed by atoms with E-state index in [-0.39, 0.29) is 16.6 Å². The van der Waals surface area contributed by atoms with E-state index in [0.717, 1.165) is 35.2 Å². The van der Waals surface area contributed by atoms with Crippen LogP contribution in [0.2, 0.25) is 5.02 Å². The third-order valence-corrected chi connectivity index (χ3v) is 5.06. The molecule has 0 amide bonds. The molecule has 0 saturated heterocycles. The summed E-state index contributed by atoms with van der Waals surface area (Å²) in [5, 5.41) is 13.6. The van der Waals surface area contributed by atoms with E-state index in [9.17, 15) is 14.4 Å². The maximum Gasteiger partial charge on any atom is 0.219 e. The van der Waals surface area contributed by atoms with E-state index in [0.29, 0.717) is 17.4 Å². The number of rotatable bonds is 2. The number of nitrogens with one attached hydrogen (secondary N) is 1. The molecule has 7 heteroatoms. The highest BCUT2D eigenvalue weighted by molar-refractivity contribution is 6.31. The van der Waals surface area contributed by atoms with Crippen LogP contribution in [0, 0.1) is 10.7 Å². The molecule has 1 aliphatic rings. The lowest BCUT2D eigenvalue weighted by Crippen LogP contribution is -2.27. The smallest absolute Gasteiger partial charge is 0.219 e. The molecule has 0 radical (unpaired) electrons. The van der Waals surface area contributed by atoms with Gasteiger partial charge in [-0.2, -0.15) is 0 Å². The molecule has 0 fully saturated rings. The quantitative estimate of drug-likeness (QED) is 0.650. The molecule has 1 aliphatic heterocycles. The molecule has 0 atom stereocenters. The van der Waals surface area contributed by atoms with E-state index in [1.54, 1.807) is 12.1 Å². The second-order valence-electron chi connectivity index (χ2n) is 6.33. The number of nitroso groups, excluding NO2 is 1. The second kappa shape index (κ2) is 5.82. The first-order chi connectivity index (χ1) is 12.0. The van der Waals surface area contributed by atoms with E-state index in [1.807, 2.05) is 13.1 Å². The number of nitrogens with zero attached hydrogens (tertiary/aromatic N) is 2. The summed E-state index contributed by atoms with van der Waals surface area (Å²) in [6, 6.07) is 6.39. The van der Waals surface area contributed by atoms with Gasteiger partial charge in [-0.25, -0.2) is 4.39 Å². The molecule has 1 aromatic heterocycles. The van der Waals surface area contributed by atoms with Crippen LogP contribution in [0.3, 0.4) is 0 Å². The maximum absolute atomic E-state index is 13.5. The van der Waals surface area contributed by atoms with Gasteiger partial charge in [0, 0.05) is 18.5 Å². The molecule has 2 aromatic carbocycles. The Balaban J connectivity index is 2.06. The van der Waals surface area contributed by atoms with Crippen molar-refractivity contribution in [2.24, 2.45) is 5.18 Å². The van der Waals surface area contributed by atoms with Gasteiger partial charge in [0.15, 0.2) is 5.69 Å². The predicted octanol–water partition coefficient (Wildman–Crippen LogP) is 4.72. The Kier molecular flexibility index (Phi) is 3.74. The number of likely N-dealkylation sites (N-methyl/N-ethyl adjacent to an activating group) is 1. The lowest BCUT2D eigenvalue weighted by atomic mass is 9.89. The van der Waals surface area contributed by atoms with Gasteiger partial charge < -0.3 is 15.0 Å². The van der Waals surface area contributed by atoms with Crippen molar-refractivity contribution >= 4 is 28.2 Å². The zero-order chi connectivity index (χ0) is 17.7. The summed E-state index contributed by atoms with van der Waals surface area (Å²) in [6.45, 7) is 1.55. The van der Waals surface area contributed by atoms with Crippen LogP contribution in [0.5, 0.6) is 5.88 Å². The molecule has 4 rings (SSSR count). The van der Waals surface area contributed by atoms with Gasteiger partial charge in [-0.15, -0.1) is 4.91 Å².